The molecule has 7 heteroatoms. The molecule has 0 amide bonds. The van der Waals surface area contributed by atoms with Gasteiger partial charge in [0.2, 0.25) is 0 Å². The topological polar surface area (TPSA) is 77.3 Å². The minimum Gasteiger partial charge on any atom is -0.258 e. The van der Waals surface area contributed by atoms with E-state index in [-0.39, 0.29) is 10.6 Å². The van der Waals surface area contributed by atoms with Crippen LogP contribution >= 0.6 is 11.6 Å². The van der Waals surface area contributed by atoms with Gasteiger partial charge >= 0.3 is 0 Å². The Bertz CT molecular complexity index is 798. The summed E-state index contributed by atoms with van der Waals surface area (Å²) in [6.07, 6.45) is 1.42. The summed E-state index contributed by atoms with van der Waals surface area (Å²) in [5.41, 5.74) is 0.487. The van der Waals surface area contributed by atoms with E-state index < -0.39 is 14.8 Å². The molecule has 0 saturated carbocycles. The van der Waals surface area contributed by atoms with Gasteiger partial charge in [-0.2, -0.15) is 0 Å². The Morgan fingerprint density at radius 2 is 1.76 bits per heavy atom. The molecule has 5 nitrogen and oxygen atoms in total. The average Bonchev–Trinajstić information content (AvgIpc) is 2.45. The number of rotatable bonds is 4. The molecule has 2 aromatic rings. The number of nitrogens with zero attached hydrogens (tertiary/aromatic N) is 1. The Balaban J connectivity index is 2.27. The van der Waals surface area contributed by atoms with Gasteiger partial charge in [-0.3, -0.25) is 10.1 Å². The van der Waals surface area contributed by atoms with Crippen LogP contribution in [0.5, 0.6) is 0 Å². The molecule has 0 spiro atoms. The van der Waals surface area contributed by atoms with Gasteiger partial charge in [-0.05, 0) is 35.9 Å². The van der Waals surface area contributed by atoms with Crippen LogP contribution in [0.4, 0.5) is 5.69 Å². The summed E-state index contributed by atoms with van der Waals surface area (Å²) in [7, 11) is -3.66. The molecule has 0 aliphatic carbocycles. The standard InChI is InChI=1S/C14H10ClNO4S/c15-12-3-1-2-11(10-12)8-9-21(19,20)14-6-4-13(5-7-14)16(17)18/h1-10H/b9-8+. The van der Waals surface area contributed by atoms with E-state index in [0.29, 0.717) is 10.6 Å². The van der Waals surface area contributed by atoms with Gasteiger partial charge in [0, 0.05) is 22.6 Å². The first-order chi connectivity index (χ1) is 9.88. The van der Waals surface area contributed by atoms with Crippen molar-refractivity contribution in [3.63, 3.8) is 0 Å². The summed E-state index contributed by atoms with van der Waals surface area (Å²) in [6, 6.07) is 11.5. The van der Waals surface area contributed by atoms with Crippen LogP contribution in [0.2, 0.25) is 5.02 Å². The third-order valence-electron chi connectivity index (χ3n) is 2.66. The van der Waals surface area contributed by atoms with Crippen molar-refractivity contribution in [3.8, 4) is 0 Å². The summed E-state index contributed by atoms with van der Waals surface area (Å²) in [4.78, 5) is 9.94. The molecule has 0 heterocycles. The number of sulfone groups is 1. The fraction of sp³-hybridized carbons (Fsp3) is 0. The second-order valence-electron chi connectivity index (χ2n) is 4.15. The van der Waals surface area contributed by atoms with Crippen LogP contribution in [-0.2, 0) is 9.84 Å². The Morgan fingerprint density at radius 3 is 2.33 bits per heavy atom. The third-order valence-corrected chi connectivity index (χ3v) is 4.32. The van der Waals surface area contributed by atoms with Gasteiger partial charge in [-0.15, -0.1) is 0 Å². The minimum absolute atomic E-state index is 0.00798. The van der Waals surface area contributed by atoms with Crippen LogP contribution in [0.15, 0.2) is 58.8 Å². The highest BCUT2D eigenvalue weighted by Gasteiger charge is 2.12. The molecule has 0 unspecified atom stereocenters. The molecule has 0 fully saturated rings. The maximum absolute atomic E-state index is 12.1. The summed E-state index contributed by atoms with van der Waals surface area (Å²) in [6.45, 7) is 0. The predicted octanol–water partition coefficient (Wildman–Crippen LogP) is 3.69. The van der Waals surface area contributed by atoms with E-state index in [2.05, 4.69) is 0 Å². The predicted molar refractivity (Wildman–Crippen MR) is 80.8 cm³/mol. The zero-order valence-corrected chi connectivity index (χ0v) is 12.2. The van der Waals surface area contributed by atoms with Crippen molar-refractivity contribution < 1.29 is 13.3 Å². The molecule has 0 N–H and O–H groups in total. The second kappa shape index (κ2) is 6.07. The number of nitro groups is 1. The van der Waals surface area contributed by atoms with E-state index >= 15 is 0 Å². The molecule has 0 bridgehead atoms. The van der Waals surface area contributed by atoms with Gasteiger partial charge < -0.3 is 0 Å². The quantitative estimate of drug-likeness (QED) is 0.635. The number of benzene rings is 2. The van der Waals surface area contributed by atoms with Crippen molar-refractivity contribution in [2.75, 3.05) is 0 Å². The number of hydrogen-bond acceptors (Lipinski definition) is 4. The van der Waals surface area contributed by atoms with Crippen molar-refractivity contribution in [1.82, 2.24) is 0 Å². The first-order valence-corrected chi connectivity index (χ1v) is 7.74. The zero-order chi connectivity index (χ0) is 15.5. The van der Waals surface area contributed by atoms with Crippen molar-refractivity contribution in [1.29, 1.82) is 0 Å². The maximum Gasteiger partial charge on any atom is 0.269 e. The molecule has 0 aliphatic heterocycles. The highest BCUT2D eigenvalue weighted by molar-refractivity contribution is 7.94. The molecular formula is C14H10ClNO4S. The lowest BCUT2D eigenvalue weighted by Gasteiger charge is -1.99. The Hall–Kier alpha value is -2.18. The van der Waals surface area contributed by atoms with E-state index in [1.807, 2.05) is 0 Å². The van der Waals surface area contributed by atoms with Gasteiger partial charge in [0.05, 0.1) is 9.82 Å². The molecule has 108 valence electrons. The summed E-state index contributed by atoms with van der Waals surface area (Å²) in [5.74, 6) is 0. The van der Waals surface area contributed by atoms with Crippen molar-refractivity contribution in [2.45, 2.75) is 4.90 Å². The Kier molecular flexibility index (Phi) is 4.40. The highest BCUT2D eigenvalue weighted by atomic mass is 35.5. The summed E-state index contributed by atoms with van der Waals surface area (Å²) in [5, 5.41) is 12.1. The van der Waals surface area contributed by atoms with Gasteiger partial charge in [0.25, 0.3) is 5.69 Å². The molecule has 0 aromatic heterocycles. The van der Waals surface area contributed by atoms with Gasteiger partial charge in [0.15, 0.2) is 9.84 Å². The van der Waals surface area contributed by atoms with E-state index in [1.165, 1.54) is 18.2 Å². The van der Waals surface area contributed by atoms with Crippen molar-refractivity contribution >= 4 is 33.2 Å². The fourth-order valence-corrected chi connectivity index (χ4v) is 2.82. The first kappa shape index (κ1) is 15.2. The summed E-state index contributed by atoms with van der Waals surface area (Å²) >= 11 is 5.81. The lowest BCUT2D eigenvalue weighted by molar-refractivity contribution is -0.384. The van der Waals surface area contributed by atoms with Gasteiger partial charge in [-0.25, -0.2) is 8.42 Å². The average molecular weight is 324 g/mol. The van der Waals surface area contributed by atoms with Gasteiger partial charge in [-0.1, -0.05) is 23.7 Å². The lowest BCUT2D eigenvalue weighted by Crippen LogP contribution is -1.96. The van der Waals surface area contributed by atoms with Crippen LogP contribution in [-0.4, -0.2) is 13.3 Å². The molecule has 2 aromatic carbocycles. The maximum atomic E-state index is 12.1. The van der Waals surface area contributed by atoms with Crippen LogP contribution in [0.25, 0.3) is 6.08 Å². The van der Waals surface area contributed by atoms with E-state index in [0.717, 1.165) is 17.5 Å². The minimum atomic E-state index is -3.66. The largest absolute Gasteiger partial charge is 0.269 e. The normalized spacial score (nSPS) is 11.7. The molecule has 0 aliphatic rings. The molecule has 0 saturated heterocycles. The fourth-order valence-electron chi connectivity index (χ4n) is 1.61. The molecule has 2 rings (SSSR count). The molecule has 0 atom stereocenters. The van der Waals surface area contributed by atoms with Crippen LogP contribution < -0.4 is 0 Å². The monoisotopic (exact) mass is 323 g/mol. The number of hydrogen-bond donors (Lipinski definition) is 0. The van der Waals surface area contributed by atoms with Crippen LogP contribution in [0.3, 0.4) is 0 Å². The number of non-ortho nitro benzene ring substituents is 1. The smallest absolute Gasteiger partial charge is 0.258 e. The van der Waals surface area contributed by atoms with E-state index in [9.17, 15) is 18.5 Å². The van der Waals surface area contributed by atoms with Gasteiger partial charge in [0.1, 0.15) is 0 Å². The van der Waals surface area contributed by atoms with E-state index in [1.54, 1.807) is 24.3 Å². The molecular weight excluding hydrogens is 314 g/mol. The van der Waals surface area contributed by atoms with E-state index in [4.69, 9.17) is 11.6 Å². The lowest BCUT2D eigenvalue weighted by atomic mass is 10.2. The Morgan fingerprint density at radius 1 is 1.10 bits per heavy atom. The number of nitro benzene ring substituents is 1. The third kappa shape index (κ3) is 3.90. The summed E-state index contributed by atoms with van der Waals surface area (Å²) < 4.78 is 24.2. The highest BCUT2D eigenvalue weighted by Crippen LogP contribution is 2.19. The van der Waals surface area contributed by atoms with Crippen LogP contribution in [0.1, 0.15) is 5.56 Å². The van der Waals surface area contributed by atoms with Crippen molar-refractivity contribution in [3.05, 3.63) is 74.6 Å². The van der Waals surface area contributed by atoms with Crippen LogP contribution in [0, 0.1) is 10.1 Å². The molecule has 21 heavy (non-hydrogen) atoms. The SMILES string of the molecule is O=[N+]([O-])c1ccc(S(=O)(=O)/C=C/c2cccc(Cl)c2)cc1. The Labute approximate surface area is 126 Å². The first-order valence-electron chi connectivity index (χ1n) is 5.82. The second-order valence-corrected chi connectivity index (χ2v) is 6.42. The van der Waals surface area contributed by atoms with Crippen molar-refractivity contribution in [2.24, 2.45) is 0 Å². The number of halogens is 1. The zero-order valence-electron chi connectivity index (χ0n) is 10.6. The molecule has 0 radical (unpaired) electrons.